The quantitative estimate of drug-likeness (QED) is 0.803. The summed E-state index contributed by atoms with van der Waals surface area (Å²) in [5.74, 6) is 1.19. The van der Waals surface area contributed by atoms with Crippen LogP contribution in [0.3, 0.4) is 0 Å². The topological polar surface area (TPSA) is 63.7 Å². The molecule has 31 heavy (non-hydrogen) atoms. The van der Waals surface area contributed by atoms with Crippen LogP contribution in [0.5, 0.6) is 5.75 Å². The lowest BCUT2D eigenvalue weighted by Crippen LogP contribution is -2.55. The minimum Gasteiger partial charge on any atom is -0.490 e. The van der Waals surface area contributed by atoms with Crippen molar-refractivity contribution in [3.63, 3.8) is 0 Å². The molecular weight excluding hydrogens is 390 g/mol. The van der Waals surface area contributed by atoms with Gasteiger partial charge < -0.3 is 14.8 Å². The Morgan fingerprint density at radius 1 is 1.19 bits per heavy atom. The molecule has 1 amide bonds. The van der Waals surface area contributed by atoms with Crippen LogP contribution >= 0.6 is 0 Å². The molecule has 2 atom stereocenters. The third-order valence-electron chi connectivity index (χ3n) is 6.88. The molecule has 5 rings (SSSR count). The van der Waals surface area contributed by atoms with Gasteiger partial charge in [0.2, 0.25) is 5.91 Å². The molecule has 1 aliphatic carbocycles. The molecule has 2 aliphatic heterocycles. The largest absolute Gasteiger partial charge is 0.490 e. The van der Waals surface area contributed by atoms with Gasteiger partial charge in [0.25, 0.3) is 0 Å². The second kappa shape index (κ2) is 8.97. The van der Waals surface area contributed by atoms with Crippen LogP contribution in [-0.4, -0.2) is 53.7 Å². The van der Waals surface area contributed by atoms with Crippen LogP contribution in [0, 0.1) is 0 Å². The first-order chi connectivity index (χ1) is 15.2. The van der Waals surface area contributed by atoms with E-state index in [1.165, 1.54) is 18.4 Å². The van der Waals surface area contributed by atoms with Gasteiger partial charge in [-0.2, -0.15) is 0 Å². The van der Waals surface area contributed by atoms with Gasteiger partial charge in [0, 0.05) is 49.9 Å². The smallest absolute Gasteiger partial charge is 0.222 e. The molecule has 2 saturated heterocycles. The van der Waals surface area contributed by atoms with E-state index in [9.17, 15) is 4.79 Å². The number of nitrogens with one attached hydrogen (secondary N) is 1. The predicted molar refractivity (Wildman–Crippen MR) is 118 cm³/mol. The van der Waals surface area contributed by atoms with Crippen LogP contribution in [-0.2, 0) is 16.1 Å². The van der Waals surface area contributed by atoms with Crippen LogP contribution < -0.4 is 10.1 Å². The van der Waals surface area contributed by atoms with Crippen molar-refractivity contribution in [1.82, 2.24) is 15.2 Å². The van der Waals surface area contributed by atoms with Gasteiger partial charge in [-0.15, -0.1) is 0 Å². The Hall–Kier alpha value is -2.44. The first kappa shape index (κ1) is 20.5. The highest BCUT2D eigenvalue weighted by atomic mass is 16.5. The van der Waals surface area contributed by atoms with Crippen molar-refractivity contribution in [3.05, 3.63) is 59.9 Å². The number of carbonyl (C=O) groups is 1. The molecule has 2 aromatic rings. The van der Waals surface area contributed by atoms with E-state index in [1.807, 2.05) is 12.3 Å². The zero-order chi connectivity index (χ0) is 21.1. The van der Waals surface area contributed by atoms with E-state index in [0.717, 1.165) is 43.8 Å². The van der Waals surface area contributed by atoms with E-state index in [1.54, 1.807) is 6.20 Å². The number of benzene rings is 1. The fourth-order valence-corrected chi connectivity index (χ4v) is 5.38. The highest BCUT2D eigenvalue weighted by Gasteiger charge is 2.49. The normalized spacial score (nSPS) is 27.4. The molecular formula is C25H31N3O3. The number of carbonyl (C=O) groups excluding carboxylic acids is 1. The van der Waals surface area contributed by atoms with Gasteiger partial charge in [-0.3, -0.25) is 14.7 Å². The summed E-state index contributed by atoms with van der Waals surface area (Å²) in [5.41, 5.74) is 1.92. The van der Waals surface area contributed by atoms with Gasteiger partial charge in [-0.25, -0.2) is 0 Å². The Labute approximate surface area is 183 Å². The van der Waals surface area contributed by atoms with Gasteiger partial charge >= 0.3 is 0 Å². The summed E-state index contributed by atoms with van der Waals surface area (Å²) in [6.07, 6.45) is 9.28. The van der Waals surface area contributed by atoms with Crippen molar-refractivity contribution < 1.29 is 14.3 Å². The van der Waals surface area contributed by atoms with Crippen LogP contribution in [0.25, 0.3) is 0 Å². The number of nitrogens with zero attached hydrogens (tertiary/aromatic N) is 2. The molecule has 1 aromatic carbocycles. The van der Waals surface area contributed by atoms with Gasteiger partial charge in [0.1, 0.15) is 5.75 Å². The predicted octanol–water partition coefficient (Wildman–Crippen LogP) is 3.28. The Kier molecular flexibility index (Phi) is 5.92. The molecule has 0 bridgehead atoms. The second-order valence-electron chi connectivity index (χ2n) is 9.15. The SMILES string of the molecule is O=C1CCOC[C@]2(CN(Cc3ccccc3OC3CCCC3)C[C@H]2c2cccnc2)N1. The van der Waals surface area contributed by atoms with E-state index < -0.39 is 5.54 Å². The zero-order valence-electron chi connectivity index (χ0n) is 18.0. The average Bonchev–Trinajstić information content (AvgIpc) is 3.36. The van der Waals surface area contributed by atoms with Crippen molar-refractivity contribution in [3.8, 4) is 5.75 Å². The molecule has 0 unspecified atom stereocenters. The van der Waals surface area contributed by atoms with E-state index >= 15 is 0 Å². The first-order valence-corrected chi connectivity index (χ1v) is 11.5. The van der Waals surface area contributed by atoms with Crippen molar-refractivity contribution in [2.75, 3.05) is 26.3 Å². The number of para-hydroxylation sites is 1. The minimum absolute atomic E-state index is 0.0678. The molecule has 3 heterocycles. The lowest BCUT2D eigenvalue weighted by Gasteiger charge is -2.34. The van der Waals surface area contributed by atoms with Gasteiger partial charge in [0.05, 0.1) is 24.9 Å². The third kappa shape index (κ3) is 4.46. The molecule has 0 radical (unpaired) electrons. The molecule has 6 nitrogen and oxygen atoms in total. The Morgan fingerprint density at radius 2 is 2.06 bits per heavy atom. The van der Waals surface area contributed by atoms with Crippen molar-refractivity contribution in [1.29, 1.82) is 0 Å². The molecule has 6 heteroatoms. The van der Waals surface area contributed by atoms with Crippen LogP contribution in [0.1, 0.15) is 49.1 Å². The summed E-state index contributed by atoms with van der Waals surface area (Å²) in [5, 5.41) is 3.33. The highest BCUT2D eigenvalue weighted by molar-refractivity contribution is 5.77. The van der Waals surface area contributed by atoms with Crippen LogP contribution in [0.4, 0.5) is 0 Å². The number of hydrogen-bond acceptors (Lipinski definition) is 5. The van der Waals surface area contributed by atoms with E-state index in [4.69, 9.17) is 9.47 Å². The standard InChI is InChI=1S/C25H31N3O3/c29-24-11-13-30-18-25(27-24)17-28(16-22(25)19-7-5-12-26-14-19)15-20-6-1-4-10-23(20)31-21-8-2-3-9-21/h1,4-7,10,12,14,21-22H,2-3,8-9,11,13,15-18H2,(H,27,29)/t22-,25-/m0/s1. The summed E-state index contributed by atoms with van der Waals surface area (Å²) in [6, 6.07) is 12.5. The monoisotopic (exact) mass is 421 g/mol. The maximum atomic E-state index is 12.5. The third-order valence-corrected chi connectivity index (χ3v) is 6.88. The number of rotatable bonds is 5. The van der Waals surface area contributed by atoms with Crippen molar-refractivity contribution in [2.45, 2.75) is 56.2 Å². The summed E-state index contributed by atoms with van der Waals surface area (Å²) in [7, 11) is 0. The Morgan fingerprint density at radius 3 is 2.90 bits per heavy atom. The molecule has 1 aromatic heterocycles. The summed E-state index contributed by atoms with van der Waals surface area (Å²) < 4.78 is 12.3. The fourth-order valence-electron chi connectivity index (χ4n) is 5.38. The number of hydrogen-bond donors (Lipinski definition) is 1. The summed E-state index contributed by atoms with van der Waals surface area (Å²) in [4.78, 5) is 19.2. The second-order valence-corrected chi connectivity index (χ2v) is 9.15. The van der Waals surface area contributed by atoms with Crippen molar-refractivity contribution in [2.24, 2.45) is 0 Å². The molecule has 3 fully saturated rings. The van der Waals surface area contributed by atoms with Gasteiger partial charge in [-0.1, -0.05) is 24.3 Å². The summed E-state index contributed by atoms with van der Waals surface area (Å²) in [6.45, 7) is 3.38. The van der Waals surface area contributed by atoms with E-state index in [-0.39, 0.29) is 11.8 Å². The van der Waals surface area contributed by atoms with Gasteiger partial charge in [-0.05, 0) is 43.4 Å². The van der Waals surface area contributed by atoms with Crippen LogP contribution in [0.2, 0.25) is 0 Å². The number of pyridine rings is 1. The maximum absolute atomic E-state index is 12.5. The van der Waals surface area contributed by atoms with Crippen LogP contribution in [0.15, 0.2) is 48.8 Å². The summed E-state index contributed by atoms with van der Waals surface area (Å²) >= 11 is 0. The molecule has 1 spiro atoms. The lowest BCUT2D eigenvalue weighted by molar-refractivity contribution is -0.122. The molecule has 3 aliphatic rings. The minimum atomic E-state index is -0.433. The zero-order valence-corrected chi connectivity index (χ0v) is 18.0. The molecule has 1 N–H and O–H groups in total. The maximum Gasteiger partial charge on any atom is 0.222 e. The Balaban J connectivity index is 1.39. The number of amides is 1. The Bertz CT molecular complexity index is 900. The number of likely N-dealkylation sites (tertiary alicyclic amines) is 1. The van der Waals surface area contributed by atoms with Gasteiger partial charge in [0.15, 0.2) is 0 Å². The van der Waals surface area contributed by atoms with E-state index in [0.29, 0.717) is 25.7 Å². The van der Waals surface area contributed by atoms with Crippen molar-refractivity contribution >= 4 is 5.91 Å². The van der Waals surface area contributed by atoms with E-state index in [2.05, 4.69) is 45.5 Å². The highest BCUT2D eigenvalue weighted by Crippen LogP contribution is 2.38. The number of ether oxygens (including phenoxy) is 2. The molecule has 1 saturated carbocycles. The first-order valence-electron chi connectivity index (χ1n) is 11.5. The lowest BCUT2D eigenvalue weighted by atomic mass is 9.83. The average molecular weight is 422 g/mol. The fraction of sp³-hybridized carbons (Fsp3) is 0.520. The molecule has 164 valence electrons. The number of aromatic nitrogens is 1.